The first-order chi connectivity index (χ1) is 6.25. The number of anilines is 1. The first kappa shape index (κ1) is 8.60. The molecule has 1 aromatic rings. The van der Waals surface area contributed by atoms with E-state index in [1.54, 1.807) is 0 Å². The van der Waals surface area contributed by atoms with Gasteiger partial charge in [-0.1, -0.05) is 0 Å². The molecule has 0 saturated heterocycles. The van der Waals surface area contributed by atoms with E-state index >= 15 is 0 Å². The lowest BCUT2D eigenvalue weighted by Gasteiger charge is -2.11. The quantitative estimate of drug-likeness (QED) is 0.767. The zero-order chi connectivity index (χ0) is 9.26. The van der Waals surface area contributed by atoms with Crippen LogP contribution in [0, 0.1) is 5.92 Å². The van der Waals surface area contributed by atoms with E-state index in [2.05, 4.69) is 28.9 Å². The van der Waals surface area contributed by atoms with Crippen molar-refractivity contribution in [1.29, 1.82) is 0 Å². The summed E-state index contributed by atoms with van der Waals surface area (Å²) in [5, 5.41) is 7.69. The van der Waals surface area contributed by atoms with Crippen molar-refractivity contribution in [3.05, 3.63) is 12.3 Å². The van der Waals surface area contributed by atoms with Gasteiger partial charge >= 0.3 is 0 Å². The van der Waals surface area contributed by atoms with Crippen LogP contribution in [-0.4, -0.2) is 15.8 Å². The highest BCUT2D eigenvalue weighted by Crippen LogP contribution is 2.31. The summed E-state index contributed by atoms with van der Waals surface area (Å²) >= 11 is 0. The number of hydrogen-bond acceptors (Lipinski definition) is 2. The van der Waals surface area contributed by atoms with Gasteiger partial charge in [0.05, 0.1) is 6.20 Å². The van der Waals surface area contributed by atoms with Crippen LogP contribution in [-0.2, 0) is 6.54 Å². The van der Waals surface area contributed by atoms with Crippen molar-refractivity contribution in [2.24, 2.45) is 5.92 Å². The smallest absolute Gasteiger partial charge is 0.124 e. The zero-order valence-corrected chi connectivity index (χ0v) is 8.33. The molecule has 0 spiro atoms. The molecule has 0 radical (unpaired) electrons. The lowest BCUT2D eigenvalue weighted by atomic mass is 10.4. The molecule has 1 fully saturated rings. The number of rotatable bonds is 4. The van der Waals surface area contributed by atoms with Crippen LogP contribution in [0.1, 0.15) is 26.7 Å². The third kappa shape index (κ3) is 2.23. The van der Waals surface area contributed by atoms with Gasteiger partial charge in [0.25, 0.3) is 0 Å². The highest BCUT2D eigenvalue weighted by molar-refractivity contribution is 5.34. The number of nitrogens with one attached hydrogen (secondary N) is 1. The molecule has 3 nitrogen and oxygen atoms in total. The Bertz CT molecular complexity index is 255. The Hall–Kier alpha value is -0.990. The van der Waals surface area contributed by atoms with Crippen LogP contribution < -0.4 is 5.32 Å². The molecule has 1 aromatic heterocycles. The summed E-state index contributed by atoms with van der Waals surface area (Å²) in [5.41, 5.74) is 0. The van der Waals surface area contributed by atoms with Crippen molar-refractivity contribution in [3.63, 3.8) is 0 Å². The number of hydrogen-bond donors (Lipinski definition) is 1. The molecule has 1 aliphatic rings. The maximum absolute atomic E-state index is 4.30. The second-order valence-corrected chi connectivity index (χ2v) is 4.14. The molecule has 1 heterocycles. The van der Waals surface area contributed by atoms with Crippen molar-refractivity contribution < 1.29 is 0 Å². The average molecular weight is 179 g/mol. The molecule has 0 aromatic carbocycles. The highest BCUT2D eigenvalue weighted by atomic mass is 15.3. The van der Waals surface area contributed by atoms with E-state index in [9.17, 15) is 0 Å². The molecule has 0 aliphatic heterocycles. The second kappa shape index (κ2) is 3.40. The summed E-state index contributed by atoms with van der Waals surface area (Å²) < 4.78 is 2.08. The van der Waals surface area contributed by atoms with Crippen molar-refractivity contribution in [2.75, 3.05) is 5.32 Å². The molecule has 0 bridgehead atoms. The van der Waals surface area contributed by atoms with Gasteiger partial charge in [-0.15, -0.1) is 0 Å². The van der Waals surface area contributed by atoms with Gasteiger partial charge in [-0.05, 0) is 32.6 Å². The monoisotopic (exact) mass is 179 g/mol. The standard InChI is InChI=1S/C10H17N3/c1-8(2)12-10-5-6-11-13(10)7-9-3-4-9/h5-6,8-9,12H,3-4,7H2,1-2H3. The minimum atomic E-state index is 0.481. The number of aromatic nitrogens is 2. The van der Waals surface area contributed by atoms with Crippen molar-refractivity contribution in [3.8, 4) is 0 Å². The molecule has 1 aliphatic carbocycles. The molecular formula is C10H17N3. The first-order valence-electron chi connectivity index (χ1n) is 5.04. The van der Waals surface area contributed by atoms with E-state index in [1.807, 2.05) is 12.3 Å². The van der Waals surface area contributed by atoms with E-state index in [4.69, 9.17) is 0 Å². The van der Waals surface area contributed by atoms with Crippen LogP contribution in [0.3, 0.4) is 0 Å². The fourth-order valence-corrected chi connectivity index (χ4v) is 1.44. The largest absolute Gasteiger partial charge is 0.368 e. The van der Waals surface area contributed by atoms with Crippen LogP contribution in [0.2, 0.25) is 0 Å². The molecule has 72 valence electrons. The molecule has 3 heteroatoms. The fourth-order valence-electron chi connectivity index (χ4n) is 1.44. The first-order valence-corrected chi connectivity index (χ1v) is 5.04. The normalized spacial score (nSPS) is 16.5. The van der Waals surface area contributed by atoms with Crippen LogP contribution in [0.5, 0.6) is 0 Å². The topological polar surface area (TPSA) is 29.9 Å². The fraction of sp³-hybridized carbons (Fsp3) is 0.700. The van der Waals surface area contributed by atoms with Gasteiger partial charge in [0.2, 0.25) is 0 Å². The van der Waals surface area contributed by atoms with Crippen molar-refractivity contribution >= 4 is 5.82 Å². The Kier molecular flexibility index (Phi) is 2.25. The molecule has 0 atom stereocenters. The molecule has 2 rings (SSSR count). The van der Waals surface area contributed by atoms with Crippen LogP contribution in [0.4, 0.5) is 5.82 Å². The van der Waals surface area contributed by atoms with E-state index < -0.39 is 0 Å². The SMILES string of the molecule is CC(C)Nc1ccnn1CC1CC1. The minimum Gasteiger partial charge on any atom is -0.368 e. The van der Waals surface area contributed by atoms with E-state index in [0.29, 0.717) is 6.04 Å². The summed E-state index contributed by atoms with van der Waals surface area (Å²) in [7, 11) is 0. The van der Waals surface area contributed by atoms with Crippen molar-refractivity contribution in [2.45, 2.75) is 39.3 Å². The maximum atomic E-state index is 4.30. The predicted octanol–water partition coefficient (Wildman–Crippen LogP) is 2.11. The van der Waals surface area contributed by atoms with Crippen molar-refractivity contribution in [1.82, 2.24) is 9.78 Å². The van der Waals surface area contributed by atoms with Crippen LogP contribution in [0.25, 0.3) is 0 Å². The zero-order valence-electron chi connectivity index (χ0n) is 8.33. The summed E-state index contributed by atoms with van der Waals surface area (Å²) in [6.07, 6.45) is 4.62. The van der Waals surface area contributed by atoms with E-state index in [-0.39, 0.29) is 0 Å². The Morgan fingerprint density at radius 3 is 3.00 bits per heavy atom. The van der Waals surface area contributed by atoms with Gasteiger partial charge in [0.15, 0.2) is 0 Å². The molecular weight excluding hydrogens is 162 g/mol. The van der Waals surface area contributed by atoms with E-state index in [1.165, 1.54) is 12.8 Å². The summed E-state index contributed by atoms with van der Waals surface area (Å²) in [6.45, 7) is 5.38. The Labute approximate surface area is 79.1 Å². The van der Waals surface area contributed by atoms with Gasteiger partial charge in [0.1, 0.15) is 5.82 Å². The molecule has 0 amide bonds. The summed E-state index contributed by atoms with van der Waals surface area (Å²) in [5.74, 6) is 2.04. The highest BCUT2D eigenvalue weighted by Gasteiger charge is 2.22. The minimum absolute atomic E-state index is 0.481. The molecule has 1 N–H and O–H groups in total. The third-order valence-corrected chi connectivity index (χ3v) is 2.28. The lowest BCUT2D eigenvalue weighted by molar-refractivity contribution is 0.565. The van der Waals surface area contributed by atoms with Crippen LogP contribution in [0.15, 0.2) is 12.3 Å². The van der Waals surface area contributed by atoms with Crippen LogP contribution >= 0.6 is 0 Å². The summed E-state index contributed by atoms with van der Waals surface area (Å²) in [4.78, 5) is 0. The van der Waals surface area contributed by atoms with Gasteiger partial charge in [0, 0.05) is 18.7 Å². The summed E-state index contributed by atoms with van der Waals surface area (Å²) in [6, 6.07) is 2.53. The molecule has 1 saturated carbocycles. The molecule has 13 heavy (non-hydrogen) atoms. The van der Waals surface area contributed by atoms with Gasteiger partial charge in [-0.2, -0.15) is 5.10 Å². The third-order valence-electron chi connectivity index (χ3n) is 2.28. The predicted molar refractivity (Wildman–Crippen MR) is 53.7 cm³/mol. The van der Waals surface area contributed by atoms with Gasteiger partial charge in [-0.25, -0.2) is 4.68 Å². The lowest BCUT2D eigenvalue weighted by Crippen LogP contribution is -2.15. The second-order valence-electron chi connectivity index (χ2n) is 4.14. The van der Waals surface area contributed by atoms with Gasteiger partial charge in [-0.3, -0.25) is 0 Å². The average Bonchev–Trinajstić information content (AvgIpc) is 2.75. The Morgan fingerprint density at radius 2 is 2.38 bits per heavy atom. The molecule has 0 unspecified atom stereocenters. The van der Waals surface area contributed by atoms with Gasteiger partial charge < -0.3 is 5.32 Å². The van der Waals surface area contributed by atoms with E-state index in [0.717, 1.165) is 18.3 Å². The maximum Gasteiger partial charge on any atom is 0.124 e. The Balaban J connectivity index is 2.01. The Morgan fingerprint density at radius 1 is 1.62 bits per heavy atom. The number of nitrogens with zero attached hydrogens (tertiary/aromatic N) is 2.